The molecule has 0 aliphatic heterocycles. The fraction of sp³-hybridized carbons (Fsp3) is 0.929. The minimum atomic E-state index is 0.295. The molecule has 0 aromatic heterocycles. The second-order valence-electron chi connectivity index (χ2n) is 5.03. The predicted molar refractivity (Wildman–Crippen MR) is 70.3 cm³/mol. The summed E-state index contributed by atoms with van der Waals surface area (Å²) in [6.45, 7) is 7.75. The van der Waals surface area contributed by atoms with Gasteiger partial charge in [-0.15, -0.1) is 0 Å². The van der Waals surface area contributed by atoms with Gasteiger partial charge < -0.3 is 0 Å². The number of nitriles is 1. The average molecular weight is 224 g/mol. The highest BCUT2D eigenvalue weighted by Gasteiger charge is 2.27. The molecule has 0 saturated carbocycles. The number of rotatable bonds is 9. The third-order valence-corrected chi connectivity index (χ3v) is 3.62. The molecule has 0 N–H and O–H groups in total. The smallest absolute Gasteiger partial charge is 0.0635 e. The Kier molecular flexibility index (Phi) is 8.29. The van der Waals surface area contributed by atoms with E-state index in [-0.39, 0.29) is 0 Å². The number of hydrogen-bond acceptors (Lipinski definition) is 2. The second-order valence-corrected chi connectivity index (χ2v) is 5.03. The van der Waals surface area contributed by atoms with E-state index in [1.165, 1.54) is 38.5 Å². The van der Waals surface area contributed by atoms with Crippen LogP contribution in [0.3, 0.4) is 0 Å². The molecule has 0 saturated heterocycles. The highest BCUT2D eigenvalue weighted by molar-refractivity contribution is 4.86. The first kappa shape index (κ1) is 15.4. The van der Waals surface area contributed by atoms with Crippen LogP contribution in [0.5, 0.6) is 0 Å². The van der Waals surface area contributed by atoms with Gasteiger partial charge in [0.2, 0.25) is 0 Å². The van der Waals surface area contributed by atoms with E-state index in [0.29, 0.717) is 12.0 Å². The molecule has 0 heterocycles. The summed E-state index contributed by atoms with van der Waals surface area (Å²) >= 11 is 0. The zero-order valence-electron chi connectivity index (χ0n) is 11.6. The molecule has 0 fully saturated rings. The quantitative estimate of drug-likeness (QED) is 0.592. The first-order chi connectivity index (χ1) is 7.60. The molecule has 0 radical (unpaired) electrons. The van der Waals surface area contributed by atoms with E-state index >= 15 is 0 Å². The zero-order chi connectivity index (χ0) is 12.4. The molecule has 0 spiro atoms. The topological polar surface area (TPSA) is 27.0 Å². The molecule has 94 valence electrons. The first-order valence-electron chi connectivity index (χ1n) is 6.69. The van der Waals surface area contributed by atoms with Crippen molar-refractivity contribution in [2.24, 2.45) is 0 Å². The molecule has 0 unspecified atom stereocenters. The number of nitrogens with zero attached hydrogens (tertiary/aromatic N) is 2. The summed E-state index contributed by atoms with van der Waals surface area (Å²) in [5.41, 5.74) is 0.295. The van der Waals surface area contributed by atoms with Crippen LogP contribution < -0.4 is 0 Å². The van der Waals surface area contributed by atoms with Crippen molar-refractivity contribution in [1.82, 2.24) is 4.90 Å². The van der Waals surface area contributed by atoms with Crippen molar-refractivity contribution < 1.29 is 0 Å². The van der Waals surface area contributed by atoms with Gasteiger partial charge in [0.1, 0.15) is 0 Å². The van der Waals surface area contributed by atoms with Gasteiger partial charge >= 0.3 is 0 Å². The molecule has 0 rings (SSSR count). The lowest BCUT2D eigenvalue weighted by Gasteiger charge is -2.39. The fourth-order valence-electron chi connectivity index (χ4n) is 2.11. The van der Waals surface area contributed by atoms with Crippen LogP contribution in [-0.4, -0.2) is 24.0 Å². The van der Waals surface area contributed by atoms with Crippen molar-refractivity contribution >= 4 is 0 Å². The second kappa shape index (κ2) is 8.58. The first-order valence-corrected chi connectivity index (χ1v) is 6.69. The molecular weight excluding hydrogens is 196 g/mol. The van der Waals surface area contributed by atoms with Crippen molar-refractivity contribution in [1.29, 1.82) is 5.26 Å². The number of hydrogen-bond donors (Lipinski definition) is 0. The van der Waals surface area contributed by atoms with Crippen molar-refractivity contribution in [3.63, 3.8) is 0 Å². The van der Waals surface area contributed by atoms with E-state index in [4.69, 9.17) is 5.26 Å². The summed E-state index contributed by atoms with van der Waals surface area (Å²) in [5, 5.41) is 8.66. The van der Waals surface area contributed by atoms with Gasteiger partial charge in [0, 0.05) is 18.5 Å². The third-order valence-electron chi connectivity index (χ3n) is 3.62. The summed E-state index contributed by atoms with van der Waals surface area (Å²) in [6.07, 6.45) is 8.25. The predicted octanol–water partition coefficient (Wildman–Crippen LogP) is 3.97. The van der Waals surface area contributed by atoms with Gasteiger partial charge in [-0.2, -0.15) is 5.26 Å². The molecule has 0 bridgehead atoms. The number of unbranched alkanes of at least 4 members (excludes halogenated alkanes) is 2. The van der Waals surface area contributed by atoms with Crippen LogP contribution in [0.25, 0.3) is 0 Å². The molecule has 0 aromatic carbocycles. The highest BCUT2D eigenvalue weighted by Crippen LogP contribution is 2.27. The van der Waals surface area contributed by atoms with Crippen molar-refractivity contribution in [3.05, 3.63) is 0 Å². The third kappa shape index (κ3) is 5.51. The summed E-state index contributed by atoms with van der Waals surface area (Å²) in [5.74, 6) is 0. The largest absolute Gasteiger partial charge is 0.300 e. The van der Waals surface area contributed by atoms with E-state index in [1.807, 2.05) is 0 Å². The zero-order valence-corrected chi connectivity index (χ0v) is 11.6. The Balaban J connectivity index is 4.31. The molecular formula is C14H28N2. The van der Waals surface area contributed by atoms with E-state index in [0.717, 1.165) is 6.54 Å². The maximum atomic E-state index is 8.66. The Morgan fingerprint density at radius 1 is 1.12 bits per heavy atom. The van der Waals surface area contributed by atoms with Crippen molar-refractivity contribution in [2.45, 2.75) is 71.3 Å². The Bertz CT molecular complexity index is 197. The van der Waals surface area contributed by atoms with Gasteiger partial charge in [-0.1, -0.05) is 39.5 Å². The molecule has 16 heavy (non-hydrogen) atoms. The lowest BCUT2D eigenvalue weighted by molar-refractivity contribution is 0.113. The average Bonchev–Trinajstić information content (AvgIpc) is 2.30. The van der Waals surface area contributed by atoms with E-state index in [1.54, 1.807) is 0 Å². The molecule has 0 aromatic rings. The van der Waals surface area contributed by atoms with Crippen LogP contribution in [0.2, 0.25) is 0 Å². The van der Waals surface area contributed by atoms with Crippen LogP contribution in [-0.2, 0) is 0 Å². The van der Waals surface area contributed by atoms with Gasteiger partial charge in [-0.05, 0) is 26.8 Å². The molecule has 0 aliphatic carbocycles. The van der Waals surface area contributed by atoms with E-state index < -0.39 is 0 Å². The van der Waals surface area contributed by atoms with Crippen molar-refractivity contribution in [2.75, 3.05) is 13.6 Å². The maximum Gasteiger partial charge on any atom is 0.0635 e. The lowest BCUT2D eigenvalue weighted by Crippen LogP contribution is -2.44. The minimum Gasteiger partial charge on any atom is -0.300 e. The summed E-state index contributed by atoms with van der Waals surface area (Å²) in [7, 11) is 2.17. The fourth-order valence-corrected chi connectivity index (χ4v) is 2.11. The summed E-state index contributed by atoms with van der Waals surface area (Å²) in [4.78, 5) is 2.39. The maximum absolute atomic E-state index is 8.66. The van der Waals surface area contributed by atoms with Crippen LogP contribution in [0, 0.1) is 11.3 Å². The van der Waals surface area contributed by atoms with Gasteiger partial charge in [0.15, 0.2) is 0 Å². The molecule has 2 nitrogen and oxygen atoms in total. The SMILES string of the molecule is CCCCC(C)(CCCC)N(C)CCC#N. The van der Waals surface area contributed by atoms with Crippen LogP contribution in [0.15, 0.2) is 0 Å². The van der Waals surface area contributed by atoms with Gasteiger partial charge in [-0.3, -0.25) is 4.90 Å². The van der Waals surface area contributed by atoms with Crippen molar-refractivity contribution in [3.8, 4) is 6.07 Å². The summed E-state index contributed by atoms with van der Waals surface area (Å²) in [6, 6.07) is 2.24. The molecule has 0 amide bonds. The minimum absolute atomic E-state index is 0.295. The molecule has 2 heteroatoms. The highest BCUT2D eigenvalue weighted by atomic mass is 15.2. The lowest BCUT2D eigenvalue weighted by atomic mass is 9.87. The monoisotopic (exact) mass is 224 g/mol. The molecule has 0 aliphatic rings. The Labute approximate surface area is 102 Å². The molecule has 0 atom stereocenters. The van der Waals surface area contributed by atoms with E-state index in [9.17, 15) is 0 Å². The Morgan fingerprint density at radius 3 is 2.00 bits per heavy atom. The van der Waals surface area contributed by atoms with Gasteiger partial charge in [0.25, 0.3) is 0 Å². The standard InChI is InChI=1S/C14H28N2/c1-5-7-10-14(3,11-8-6-2)16(4)13-9-12-15/h5-11,13H2,1-4H3. The Hall–Kier alpha value is -0.550. The van der Waals surface area contributed by atoms with Crippen LogP contribution in [0.1, 0.15) is 65.7 Å². The van der Waals surface area contributed by atoms with Crippen LogP contribution in [0.4, 0.5) is 0 Å². The van der Waals surface area contributed by atoms with Gasteiger partial charge in [0.05, 0.1) is 6.07 Å². The van der Waals surface area contributed by atoms with Gasteiger partial charge in [-0.25, -0.2) is 0 Å². The summed E-state index contributed by atoms with van der Waals surface area (Å²) < 4.78 is 0. The van der Waals surface area contributed by atoms with E-state index in [2.05, 4.69) is 38.8 Å². The normalized spacial score (nSPS) is 11.8. The Morgan fingerprint density at radius 2 is 1.62 bits per heavy atom. The van der Waals surface area contributed by atoms with Crippen LogP contribution >= 0.6 is 0 Å².